The third-order valence-corrected chi connectivity index (χ3v) is 2.57. The number of hydrogen-bond acceptors (Lipinski definition) is 4. The Balaban J connectivity index is 2.07. The van der Waals surface area contributed by atoms with Gasteiger partial charge in [-0.25, -0.2) is 4.79 Å². The quantitative estimate of drug-likeness (QED) is 0.837. The van der Waals surface area contributed by atoms with Gasteiger partial charge in [0.25, 0.3) is 0 Å². The van der Waals surface area contributed by atoms with E-state index in [0.29, 0.717) is 5.82 Å². The topological polar surface area (TPSA) is 102 Å². The summed E-state index contributed by atoms with van der Waals surface area (Å²) in [4.78, 5) is 22.6. The van der Waals surface area contributed by atoms with Crippen LogP contribution in [0.5, 0.6) is 0 Å². The Morgan fingerprint density at radius 1 is 1.32 bits per heavy atom. The number of hydrogen-bond donors (Lipinski definition) is 2. The molecule has 0 aromatic carbocycles. The van der Waals surface area contributed by atoms with Gasteiger partial charge in [-0.1, -0.05) is 0 Å². The zero-order chi connectivity index (χ0) is 14.0. The van der Waals surface area contributed by atoms with Gasteiger partial charge in [-0.15, -0.1) is 0 Å². The van der Waals surface area contributed by atoms with Crippen LogP contribution in [0.4, 0.5) is 5.82 Å². The van der Waals surface area contributed by atoms with Crippen molar-refractivity contribution in [1.29, 1.82) is 0 Å². The minimum absolute atomic E-state index is 0.0995. The van der Waals surface area contributed by atoms with Crippen molar-refractivity contribution in [3.05, 3.63) is 30.2 Å². The number of aromatic carboxylic acids is 1. The molecule has 1 unspecified atom stereocenters. The highest BCUT2D eigenvalue weighted by molar-refractivity contribution is 5.92. The lowest BCUT2D eigenvalue weighted by Crippen LogP contribution is -2.24. The van der Waals surface area contributed by atoms with Crippen LogP contribution in [0.15, 0.2) is 24.5 Å². The minimum Gasteiger partial charge on any atom is -0.476 e. The predicted octanol–water partition coefficient (Wildman–Crippen LogP) is 0.514. The summed E-state index contributed by atoms with van der Waals surface area (Å²) in [6, 6.07) is 2.37. The van der Waals surface area contributed by atoms with E-state index < -0.39 is 12.0 Å². The summed E-state index contributed by atoms with van der Waals surface area (Å²) in [5.41, 5.74) is -0.0995. The van der Waals surface area contributed by atoms with Crippen LogP contribution in [-0.2, 0) is 11.8 Å². The van der Waals surface area contributed by atoms with Crippen LogP contribution in [-0.4, -0.2) is 36.5 Å². The number of amides is 1. The molecule has 0 aliphatic heterocycles. The molecule has 1 atom stereocenters. The van der Waals surface area contributed by atoms with Gasteiger partial charge < -0.3 is 10.4 Å². The van der Waals surface area contributed by atoms with E-state index in [0.717, 1.165) is 0 Å². The van der Waals surface area contributed by atoms with Crippen molar-refractivity contribution in [2.75, 3.05) is 5.32 Å². The number of carbonyl (C=O) groups excluding carboxylic acids is 1. The molecule has 8 heteroatoms. The molecule has 1 amide bonds. The molecule has 0 radical (unpaired) electrons. The summed E-state index contributed by atoms with van der Waals surface area (Å²) in [7, 11) is 1.74. The number of carboxylic acid groups (broad SMARTS) is 1. The van der Waals surface area contributed by atoms with Crippen LogP contribution in [0.1, 0.15) is 23.5 Å². The molecule has 0 saturated carbocycles. The SMILES string of the molecule is CC(C(=O)Nc1ccn(C)n1)n1ccc(C(=O)O)n1. The van der Waals surface area contributed by atoms with Gasteiger partial charge in [0.2, 0.25) is 5.91 Å². The van der Waals surface area contributed by atoms with E-state index in [1.165, 1.54) is 16.9 Å². The monoisotopic (exact) mass is 263 g/mol. The van der Waals surface area contributed by atoms with E-state index in [1.807, 2.05) is 0 Å². The van der Waals surface area contributed by atoms with E-state index in [-0.39, 0.29) is 11.6 Å². The first-order valence-electron chi connectivity index (χ1n) is 5.56. The number of rotatable bonds is 4. The molecular weight excluding hydrogens is 250 g/mol. The molecule has 0 bridgehead atoms. The van der Waals surface area contributed by atoms with Crippen molar-refractivity contribution in [3.63, 3.8) is 0 Å². The zero-order valence-corrected chi connectivity index (χ0v) is 10.4. The molecule has 0 aliphatic rings. The fourth-order valence-corrected chi connectivity index (χ4v) is 1.50. The molecule has 0 fully saturated rings. The molecule has 19 heavy (non-hydrogen) atoms. The van der Waals surface area contributed by atoms with Gasteiger partial charge in [0.05, 0.1) is 0 Å². The molecule has 0 aliphatic carbocycles. The zero-order valence-electron chi connectivity index (χ0n) is 10.4. The Kier molecular flexibility index (Phi) is 3.32. The first kappa shape index (κ1) is 12.8. The lowest BCUT2D eigenvalue weighted by molar-refractivity contribution is -0.119. The largest absolute Gasteiger partial charge is 0.476 e. The molecule has 2 rings (SSSR count). The third-order valence-electron chi connectivity index (χ3n) is 2.57. The normalized spacial score (nSPS) is 12.1. The van der Waals surface area contributed by atoms with Crippen molar-refractivity contribution in [2.45, 2.75) is 13.0 Å². The van der Waals surface area contributed by atoms with Crippen LogP contribution in [0.25, 0.3) is 0 Å². The Morgan fingerprint density at radius 3 is 2.58 bits per heavy atom. The number of aryl methyl sites for hydroxylation is 1. The number of carboxylic acids is 1. The molecule has 2 N–H and O–H groups in total. The smallest absolute Gasteiger partial charge is 0.356 e. The van der Waals surface area contributed by atoms with Gasteiger partial charge in [-0.2, -0.15) is 10.2 Å². The van der Waals surface area contributed by atoms with Gasteiger partial charge in [-0.05, 0) is 13.0 Å². The van der Waals surface area contributed by atoms with Crippen LogP contribution >= 0.6 is 0 Å². The molecule has 0 spiro atoms. The fraction of sp³-hybridized carbons (Fsp3) is 0.273. The first-order valence-corrected chi connectivity index (χ1v) is 5.56. The van der Waals surface area contributed by atoms with E-state index in [2.05, 4.69) is 15.5 Å². The van der Waals surface area contributed by atoms with E-state index >= 15 is 0 Å². The third kappa shape index (κ3) is 2.79. The maximum atomic E-state index is 11.9. The average molecular weight is 263 g/mol. The maximum absolute atomic E-state index is 11.9. The van der Waals surface area contributed by atoms with Crippen LogP contribution in [0.3, 0.4) is 0 Å². The van der Waals surface area contributed by atoms with Crippen molar-refractivity contribution in [2.24, 2.45) is 7.05 Å². The van der Waals surface area contributed by atoms with Gasteiger partial charge in [-0.3, -0.25) is 14.2 Å². The second-order valence-electron chi connectivity index (χ2n) is 4.03. The van der Waals surface area contributed by atoms with Gasteiger partial charge >= 0.3 is 5.97 Å². The number of nitrogens with zero attached hydrogens (tertiary/aromatic N) is 4. The average Bonchev–Trinajstić information content (AvgIpc) is 2.97. The minimum atomic E-state index is -1.13. The van der Waals surface area contributed by atoms with Gasteiger partial charge in [0.15, 0.2) is 11.5 Å². The first-order chi connectivity index (χ1) is 8.97. The summed E-state index contributed by atoms with van der Waals surface area (Å²) in [5.74, 6) is -1.01. The molecule has 100 valence electrons. The second-order valence-corrected chi connectivity index (χ2v) is 4.03. The Bertz CT molecular complexity index is 615. The molecular formula is C11H13N5O3. The standard InChI is InChI=1S/C11H13N5O3/c1-7(16-6-3-8(13-16)11(18)19)10(17)12-9-4-5-15(2)14-9/h3-7H,1-2H3,(H,18,19)(H,12,14,17). The lowest BCUT2D eigenvalue weighted by atomic mass is 10.3. The number of aromatic nitrogens is 4. The second kappa shape index (κ2) is 4.92. The Hall–Kier alpha value is -2.64. The Morgan fingerprint density at radius 2 is 2.05 bits per heavy atom. The Labute approximate surface area is 108 Å². The number of carbonyl (C=O) groups is 2. The molecule has 2 heterocycles. The van der Waals surface area contributed by atoms with Crippen molar-refractivity contribution in [1.82, 2.24) is 19.6 Å². The predicted molar refractivity (Wildman–Crippen MR) is 65.7 cm³/mol. The van der Waals surface area contributed by atoms with Crippen molar-refractivity contribution >= 4 is 17.7 Å². The highest BCUT2D eigenvalue weighted by Crippen LogP contribution is 2.10. The summed E-state index contributed by atoms with van der Waals surface area (Å²) < 4.78 is 2.86. The van der Waals surface area contributed by atoms with Crippen LogP contribution in [0, 0.1) is 0 Å². The number of anilines is 1. The molecule has 2 aromatic rings. The number of nitrogens with one attached hydrogen (secondary N) is 1. The van der Waals surface area contributed by atoms with Crippen molar-refractivity contribution in [3.8, 4) is 0 Å². The van der Waals surface area contributed by atoms with Crippen molar-refractivity contribution < 1.29 is 14.7 Å². The molecule has 2 aromatic heterocycles. The molecule has 8 nitrogen and oxygen atoms in total. The van der Waals surface area contributed by atoms with E-state index in [1.54, 1.807) is 30.9 Å². The lowest BCUT2D eigenvalue weighted by Gasteiger charge is -2.11. The summed E-state index contributed by atoms with van der Waals surface area (Å²) in [6.45, 7) is 1.62. The van der Waals surface area contributed by atoms with Gasteiger partial charge in [0, 0.05) is 25.5 Å². The van der Waals surface area contributed by atoms with Crippen LogP contribution in [0.2, 0.25) is 0 Å². The highest BCUT2D eigenvalue weighted by atomic mass is 16.4. The molecule has 0 saturated heterocycles. The summed E-state index contributed by atoms with van der Waals surface area (Å²) in [6.07, 6.45) is 3.16. The highest BCUT2D eigenvalue weighted by Gasteiger charge is 2.18. The van der Waals surface area contributed by atoms with E-state index in [9.17, 15) is 9.59 Å². The van der Waals surface area contributed by atoms with E-state index in [4.69, 9.17) is 5.11 Å². The maximum Gasteiger partial charge on any atom is 0.356 e. The van der Waals surface area contributed by atoms with Crippen LogP contribution < -0.4 is 5.32 Å². The fourth-order valence-electron chi connectivity index (χ4n) is 1.50. The summed E-state index contributed by atoms with van der Waals surface area (Å²) >= 11 is 0. The van der Waals surface area contributed by atoms with Gasteiger partial charge in [0.1, 0.15) is 6.04 Å². The summed E-state index contributed by atoms with van der Waals surface area (Å²) in [5, 5.41) is 19.2.